The first-order chi connectivity index (χ1) is 7.27. The van der Waals surface area contributed by atoms with Gasteiger partial charge in [0.2, 0.25) is 0 Å². The predicted molar refractivity (Wildman–Crippen MR) is 64.9 cm³/mol. The maximum atomic E-state index is 5.62. The third-order valence-corrected chi connectivity index (χ3v) is 3.60. The highest BCUT2D eigenvalue weighted by molar-refractivity contribution is 4.96. The minimum atomic E-state index is 0.471. The number of hydrazine groups is 1. The van der Waals surface area contributed by atoms with Crippen LogP contribution in [0.5, 0.6) is 0 Å². The first-order valence-electron chi connectivity index (χ1n) is 6.13. The molecule has 1 atom stereocenters. The summed E-state index contributed by atoms with van der Waals surface area (Å²) >= 11 is 0. The Balaban J connectivity index is 2.32. The number of nitrogens with two attached hydrogens (primary N) is 1. The van der Waals surface area contributed by atoms with Crippen LogP contribution in [0.15, 0.2) is 0 Å². The van der Waals surface area contributed by atoms with E-state index in [1.54, 1.807) is 0 Å². The van der Waals surface area contributed by atoms with Gasteiger partial charge in [-0.1, -0.05) is 19.8 Å². The molecule has 0 aromatic heterocycles. The largest absolute Gasteiger partial charge is 0.271 e. The molecule has 0 aliphatic heterocycles. The summed E-state index contributed by atoms with van der Waals surface area (Å²) in [5, 5.41) is 0. The van der Waals surface area contributed by atoms with Crippen molar-refractivity contribution in [3.05, 3.63) is 0 Å². The van der Waals surface area contributed by atoms with E-state index >= 15 is 0 Å². The molecule has 0 bridgehead atoms. The summed E-state index contributed by atoms with van der Waals surface area (Å²) in [7, 11) is 0. The van der Waals surface area contributed by atoms with E-state index in [2.05, 4.69) is 24.2 Å². The minimum absolute atomic E-state index is 0.471. The Bertz CT molecular complexity index is 218. The Morgan fingerprint density at radius 2 is 2.00 bits per heavy atom. The Hall–Kier alpha value is -0.520. The summed E-state index contributed by atoms with van der Waals surface area (Å²) in [6, 6.07) is 0.471. The fourth-order valence-corrected chi connectivity index (χ4v) is 2.50. The monoisotopic (exact) mass is 208 g/mol. The van der Waals surface area contributed by atoms with Crippen molar-refractivity contribution in [1.82, 2.24) is 5.43 Å². The number of hydrogen-bond donors (Lipinski definition) is 2. The van der Waals surface area contributed by atoms with Crippen LogP contribution in [-0.4, -0.2) is 6.04 Å². The molecule has 3 N–H and O–H groups in total. The molecule has 0 spiro atoms. The summed E-state index contributed by atoms with van der Waals surface area (Å²) in [6.45, 7) is 4.25. The summed E-state index contributed by atoms with van der Waals surface area (Å²) < 4.78 is 0. The second-order valence-corrected chi connectivity index (χ2v) is 4.76. The Labute approximate surface area is 94.0 Å². The first-order valence-corrected chi connectivity index (χ1v) is 6.13. The van der Waals surface area contributed by atoms with Gasteiger partial charge in [0.15, 0.2) is 0 Å². The van der Waals surface area contributed by atoms with Crippen LogP contribution in [0.4, 0.5) is 0 Å². The van der Waals surface area contributed by atoms with E-state index in [1.165, 1.54) is 25.7 Å². The van der Waals surface area contributed by atoms with Gasteiger partial charge in [0.05, 0.1) is 0 Å². The summed E-state index contributed by atoms with van der Waals surface area (Å²) in [5.41, 5.74) is 2.98. The van der Waals surface area contributed by atoms with Gasteiger partial charge in [-0.2, -0.15) is 0 Å². The van der Waals surface area contributed by atoms with Crippen molar-refractivity contribution in [2.75, 3.05) is 0 Å². The Kier molecular flexibility index (Phi) is 5.75. The maximum Gasteiger partial charge on any atom is 0.0247 e. The Morgan fingerprint density at radius 3 is 2.53 bits per heavy atom. The molecule has 15 heavy (non-hydrogen) atoms. The summed E-state index contributed by atoms with van der Waals surface area (Å²) in [4.78, 5) is 0. The lowest BCUT2D eigenvalue weighted by atomic mass is 9.78. The zero-order valence-electron chi connectivity index (χ0n) is 10.1. The molecular weight excluding hydrogens is 184 g/mol. The molecule has 0 radical (unpaired) electrons. The van der Waals surface area contributed by atoms with Crippen molar-refractivity contribution in [3.63, 3.8) is 0 Å². The highest BCUT2D eigenvalue weighted by atomic mass is 15.2. The van der Waals surface area contributed by atoms with Gasteiger partial charge in [-0.25, -0.2) is 0 Å². The molecule has 0 saturated heterocycles. The number of rotatable bonds is 4. The molecule has 0 aromatic carbocycles. The van der Waals surface area contributed by atoms with Crippen molar-refractivity contribution in [3.8, 4) is 11.8 Å². The highest BCUT2D eigenvalue weighted by Gasteiger charge is 2.24. The van der Waals surface area contributed by atoms with Gasteiger partial charge in [-0.15, -0.1) is 11.8 Å². The molecular formula is C13H24N2. The van der Waals surface area contributed by atoms with Gasteiger partial charge in [0.25, 0.3) is 0 Å². The smallest absolute Gasteiger partial charge is 0.0247 e. The third kappa shape index (κ3) is 4.24. The van der Waals surface area contributed by atoms with Gasteiger partial charge >= 0.3 is 0 Å². The molecule has 0 aromatic rings. The molecule has 1 unspecified atom stereocenters. The van der Waals surface area contributed by atoms with Gasteiger partial charge in [0, 0.05) is 12.5 Å². The molecule has 2 heteroatoms. The second-order valence-electron chi connectivity index (χ2n) is 4.76. The Morgan fingerprint density at radius 1 is 1.33 bits per heavy atom. The van der Waals surface area contributed by atoms with E-state index in [9.17, 15) is 0 Å². The fourth-order valence-electron chi connectivity index (χ4n) is 2.50. The number of hydrogen-bond acceptors (Lipinski definition) is 2. The van der Waals surface area contributed by atoms with Crippen LogP contribution >= 0.6 is 0 Å². The summed E-state index contributed by atoms with van der Waals surface area (Å²) in [5.74, 6) is 13.4. The van der Waals surface area contributed by atoms with E-state index in [1.807, 2.05) is 6.92 Å². The van der Waals surface area contributed by atoms with E-state index in [0.29, 0.717) is 6.04 Å². The zero-order chi connectivity index (χ0) is 11.1. The number of nitrogens with one attached hydrogen (secondary N) is 1. The normalized spacial score (nSPS) is 27.9. The van der Waals surface area contributed by atoms with Crippen molar-refractivity contribution < 1.29 is 0 Å². The molecule has 0 heterocycles. The molecule has 1 saturated carbocycles. The van der Waals surface area contributed by atoms with Crippen LogP contribution in [0.2, 0.25) is 0 Å². The van der Waals surface area contributed by atoms with Crippen molar-refractivity contribution in [1.29, 1.82) is 0 Å². The molecule has 1 rings (SSSR count). The molecule has 1 fully saturated rings. The topological polar surface area (TPSA) is 38.0 Å². The van der Waals surface area contributed by atoms with Crippen molar-refractivity contribution >= 4 is 0 Å². The van der Waals surface area contributed by atoms with E-state index in [4.69, 9.17) is 5.84 Å². The lowest BCUT2D eigenvalue weighted by Gasteiger charge is -2.32. The average molecular weight is 208 g/mol. The SMILES string of the molecule is CC#CCCC(NN)C1CCC(C)CC1. The minimum Gasteiger partial charge on any atom is -0.271 e. The van der Waals surface area contributed by atoms with Crippen LogP contribution in [0.3, 0.4) is 0 Å². The maximum absolute atomic E-state index is 5.62. The van der Waals surface area contributed by atoms with E-state index in [0.717, 1.165) is 24.7 Å². The van der Waals surface area contributed by atoms with E-state index in [-0.39, 0.29) is 0 Å². The van der Waals surface area contributed by atoms with Gasteiger partial charge in [-0.3, -0.25) is 11.3 Å². The van der Waals surface area contributed by atoms with Crippen LogP contribution in [0.25, 0.3) is 0 Å². The standard InChI is InChI=1S/C13H24N2/c1-3-4-5-6-13(15-14)12-9-7-11(2)8-10-12/h11-13,15H,5-10,14H2,1-2H3. The van der Waals surface area contributed by atoms with Gasteiger partial charge < -0.3 is 0 Å². The molecule has 0 amide bonds. The molecule has 1 aliphatic rings. The fraction of sp³-hybridized carbons (Fsp3) is 0.846. The first kappa shape index (κ1) is 12.5. The van der Waals surface area contributed by atoms with Crippen LogP contribution in [-0.2, 0) is 0 Å². The second kappa shape index (κ2) is 6.87. The van der Waals surface area contributed by atoms with Crippen LogP contribution < -0.4 is 11.3 Å². The quantitative estimate of drug-likeness (QED) is 0.423. The molecule has 2 nitrogen and oxygen atoms in total. The van der Waals surface area contributed by atoms with Crippen LogP contribution in [0.1, 0.15) is 52.4 Å². The van der Waals surface area contributed by atoms with E-state index < -0.39 is 0 Å². The van der Waals surface area contributed by atoms with Crippen molar-refractivity contribution in [2.24, 2.45) is 17.7 Å². The molecule has 86 valence electrons. The zero-order valence-corrected chi connectivity index (χ0v) is 10.1. The van der Waals surface area contributed by atoms with Gasteiger partial charge in [0.1, 0.15) is 0 Å². The summed E-state index contributed by atoms with van der Waals surface area (Å²) in [6.07, 6.45) is 7.45. The lowest BCUT2D eigenvalue weighted by Crippen LogP contribution is -2.42. The predicted octanol–water partition coefficient (Wildman–Crippen LogP) is 2.45. The average Bonchev–Trinajstić information content (AvgIpc) is 2.26. The lowest BCUT2D eigenvalue weighted by molar-refractivity contribution is 0.224. The van der Waals surface area contributed by atoms with Gasteiger partial charge in [-0.05, 0) is 38.0 Å². The van der Waals surface area contributed by atoms with Crippen LogP contribution in [0, 0.1) is 23.7 Å². The third-order valence-electron chi connectivity index (χ3n) is 3.60. The highest BCUT2D eigenvalue weighted by Crippen LogP contribution is 2.31. The molecule has 1 aliphatic carbocycles. The van der Waals surface area contributed by atoms with Crippen molar-refractivity contribution in [2.45, 2.75) is 58.4 Å².